The smallest absolute Gasteiger partial charge is 0.286 e. The van der Waals surface area contributed by atoms with Crippen molar-refractivity contribution in [1.82, 2.24) is 5.32 Å². The second-order valence-electron chi connectivity index (χ2n) is 6.84. The maximum Gasteiger partial charge on any atom is 0.286 e. The van der Waals surface area contributed by atoms with E-state index in [2.05, 4.69) is 17.9 Å². The van der Waals surface area contributed by atoms with E-state index < -0.39 is 12.2 Å². The Bertz CT molecular complexity index is 799. The Hall–Kier alpha value is -2.35. The maximum absolute atomic E-state index is 11.7. The van der Waals surface area contributed by atoms with Gasteiger partial charge in [-0.15, -0.1) is 0 Å². The molecule has 3 N–H and O–H groups in total. The maximum atomic E-state index is 11.7. The van der Waals surface area contributed by atoms with Gasteiger partial charge in [-0.2, -0.15) is 17.2 Å². The van der Waals surface area contributed by atoms with Gasteiger partial charge in [0.25, 0.3) is 5.91 Å². The number of amides is 1. The number of pyridine rings is 1. The molecule has 0 spiro atoms. The molecule has 2 heterocycles. The molecule has 3 rings (SSSR count). The summed E-state index contributed by atoms with van der Waals surface area (Å²) in [6, 6.07) is 11.9. The highest BCUT2D eigenvalue weighted by atomic mass is 32.1. The molecule has 1 fully saturated rings. The minimum absolute atomic E-state index is 0.0273. The van der Waals surface area contributed by atoms with Crippen LogP contribution in [-0.4, -0.2) is 53.7 Å². The Kier molecular flexibility index (Phi) is 7.08. The monoisotopic (exact) mass is 400 g/mol. The molecule has 1 amide bonds. The average molecular weight is 401 g/mol. The summed E-state index contributed by atoms with van der Waals surface area (Å²) in [6.45, 7) is 1.76. The van der Waals surface area contributed by atoms with Crippen LogP contribution in [0, 0.1) is 0 Å². The van der Waals surface area contributed by atoms with Gasteiger partial charge in [-0.05, 0) is 23.3 Å². The fourth-order valence-electron chi connectivity index (χ4n) is 3.07. The SMILES string of the molecule is O=C(C[n+]1ccc(C=Cc2ccc(N3CC(O)C(O)C3)cc2)cc1)NCCS. The first-order valence-corrected chi connectivity index (χ1v) is 9.94. The van der Waals surface area contributed by atoms with Crippen molar-refractivity contribution in [2.45, 2.75) is 18.8 Å². The summed E-state index contributed by atoms with van der Waals surface area (Å²) >= 11 is 4.07. The number of nitrogens with zero attached hydrogens (tertiary/aromatic N) is 2. The van der Waals surface area contributed by atoms with Crippen LogP contribution >= 0.6 is 12.6 Å². The number of anilines is 1. The topological polar surface area (TPSA) is 76.7 Å². The normalized spacial score (nSPS) is 19.3. The van der Waals surface area contributed by atoms with Crippen molar-refractivity contribution in [3.8, 4) is 0 Å². The molecule has 1 aromatic carbocycles. The number of thiol groups is 1. The van der Waals surface area contributed by atoms with Crippen LogP contribution in [0.1, 0.15) is 11.1 Å². The van der Waals surface area contributed by atoms with Crippen LogP contribution in [0.15, 0.2) is 48.8 Å². The Morgan fingerprint density at radius 1 is 1.07 bits per heavy atom. The van der Waals surface area contributed by atoms with Gasteiger partial charge >= 0.3 is 0 Å². The molecule has 28 heavy (non-hydrogen) atoms. The first kappa shape index (κ1) is 20.4. The molecule has 7 heteroatoms. The molecule has 148 valence electrons. The Morgan fingerprint density at radius 2 is 1.64 bits per heavy atom. The summed E-state index contributed by atoms with van der Waals surface area (Å²) in [6.07, 6.45) is 6.43. The van der Waals surface area contributed by atoms with Gasteiger partial charge in [0, 0.05) is 43.2 Å². The third kappa shape index (κ3) is 5.58. The third-order valence-corrected chi connectivity index (χ3v) is 4.89. The van der Waals surface area contributed by atoms with E-state index in [9.17, 15) is 15.0 Å². The number of carbonyl (C=O) groups excluding carboxylic acids is 1. The molecule has 1 saturated heterocycles. The van der Waals surface area contributed by atoms with Crippen molar-refractivity contribution in [3.05, 3.63) is 59.9 Å². The van der Waals surface area contributed by atoms with Crippen LogP contribution in [0.4, 0.5) is 5.69 Å². The lowest BCUT2D eigenvalue weighted by molar-refractivity contribution is -0.684. The molecule has 6 nitrogen and oxygen atoms in total. The summed E-state index contributed by atoms with van der Waals surface area (Å²) in [5.74, 6) is 0.601. The summed E-state index contributed by atoms with van der Waals surface area (Å²) < 4.78 is 1.83. The van der Waals surface area contributed by atoms with Crippen molar-refractivity contribution in [3.63, 3.8) is 0 Å². The van der Waals surface area contributed by atoms with E-state index in [1.165, 1.54) is 0 Å². The molecule has 1 aromatic heterocycles. The number of rotatable bonds is 7. The number of β-amino-alcohol motifs (C(OH)–C–C–N with tert-alkyl or cyclic N) is 2. The summed E-state index contributed by atoms with van der Waals surface area (Å²) in [7, 11) is 0. The minimum Gasteiger partial charge on any atom is -0.389 e. The molecular weight excluding hydrogens is 374 g/mol. The predicted molar refractivity (Wildman–Crippen MR) is 113 cm³/mol. The van der Waals surface area contributed by atoms with E-state index in [-0.39, 0.29) is 5.91 Å². The van der Waals surface area contributed by atoms with Crippen LogP contribution in [0.5, 0.6) is 0 Å². The summed E-state index contributed by atoms with van der Waals surface area (Å²) in [5.41, 5.74) is 3.10. The highest BCUT2D eigenvalue weighted by Crippen LogP contribution is 2.21. The Labute approximate surface area is 170 Å². The van der Waals surface area contributed by atoms with E-state index in [1.807, 2.05) is 70.4 Å². The first-order chi connectivity index (χ1) is 13.5. The lowest BCUT2D eigenvalue weighted by Crippen LogP contribution is -2.42. The summed E-state index contributed by atoms with van der Waals surface area (Å²) in [5, 5.41) is 22.1. The fraction of sp³-hybridized carbons (Fsp3) is 0.333. The molecule has 2 atom stereocenters. The van der Waals surface area contributed by atoms with Gasteiger partial charge in [0.1, 0.15) is 0 Å². The van der Waals surface area contributed by atoms with Crippen LogP contribution in [0.3, 0.4) is 0 Å². The molecule has 0 bridgehead atoms. The molecule has 1 aliphatic heterocycles. The quantitative estimate of drug-likeness (QED) is 0.408. The molecule has 0 aliphatic carbocycles. The number of hydrogen-bond donors (Lipinski definition) is 4. The standard InChI is InChI=1S/C21H25N3O3S/c25-19-13-24(14-20(19)26)18-5-3-16(4-6-18)1-2-17-7-10-23(11-8-17)15-21(27)22-9-12-28/h1-8,10-11,19-20,25-26H,9,12-15H2,(H-,22,27,28)/p+1. The van der Waals surface area contributed by atoms with Gasteiger partial charge in [-0.1, -0.05) is 24.3 Å². The van der Waals surface area contributed by atoms with E-state index in [1.54, 1.807) is 0 Å². The zero-order valence-electron chi connectivity index (χ0n) is 15.6. The third-order valence-electron chi connectivity index (χ3n) is 4.66. The van der Waals surface area contributed by atoms with Gasteiger partial charge in [0.15, 0.2) is 12.4 Å². The second kappa shape index (κ2) is 9.73. The van der Waals surface area contributed by atoms with Crippen molar-refractivity contribution in [1.29, 1.82) is 0 Å². The lowest BCUT2D eigenvalue weighted by atomic mass is 10.1. The number of aromatic nitrogens is 1. The Morgan fingerprint density at radius 3 is 2.21 bits per heavy atom. The average Bonchev–Trinajstić information content (AvgIpc) is 3.05. The van der Waals surface area contributed by atoms with Gasteiger partial charge in [-0.3, -0.25) is 4.79 Å². The van der Waals surface area contributed by atoms with Crippen LogP contribution < -0.4 is 14.8 Å². The van der Waals surface area contributed by atoms with E-state index in [4.69, 9.17) is 0 Å². The fourth-order valence-corrected chi connectivity index (χ4v) is 3.18. The van der Waals surface area contributed by atoms with Crippen molar-refractivity contribution in [2.24, 2.45) is 0 Å². The van der Waals surface area contributed by atoms with E-state index >= 15 is 0 Å². The second-order valence-corrected chi connectivity index (χ2v) is 7.29. The number of carbonyl (C=O) groups is 1. The molecular formula is C21H26N3O3S+. The van der Waals surface area contributed by atoms with Gasteiger partial charge in [0.05, 0.1) is 12.2 Å². The number of aliphatic hydroxyl groups is 2. The summed E-state index contributed by atoms with van der Waals surface area (Å²) in [4.78, 5) is 13.7. The Balaban J connectivity index is 1.55. The number of hydrogen-bond acceptors (Lipinski definition) is 5. The molecule has 0 saturated carbocycles. The van der Waals surface area contributed by atoms with Gasteiger partial charge < -0.3 is 20.4 Å². The van der Waals surface area contributed by atoms with E-state index in [0.29, 0.717) is 31.9 Å². The number of nitrogens with one attached hydrogen (secondary N) is 1. The minimum atomic E-state index is -0.686. The highest BCUT2D eigenvalue weighted by molar-refractivity contribution is 7.80. The van der Waals surface area contributed by atoms with Gasteiger partial charge in [-0.25, -0.2) is 0 Å². The molecule has 2 unspecified atom stereocenters. The highest BCUT2D eigenvalue weighted by Gasteiger charge is 2.29. The predicted octanol–water partition coefficient (Wildman–Crippen LogP) is 0.732. The number of aliphatic hydroxyl groups excluding tert-OH is 2. The van der Waals surface area contributed by atoms with Crippen molar-refractivity contribution < 1.29 is 19.6 Å². The van der Waals surface area contributed by atoms with Crippen LogP contribution in [-0.2, 0) is 11.3 Å². The lowest BCUT2D eigenvalue weighted by Gasteiger charge is -2.17. The first-order valence-electron chi connectivity index (χ1n) is 9.31. The molecule has 0 radical (unpaired) electrons. The number of benzene rings is 1. The van der Waals surface area contributed by atoms with Crippen molar-refractivity contribution >= 4 is 36.4 Å². The zero-order chi connectivity index (χ0) is 19.9. The van der Waals surface area contributed by atoms with Crippen LogP contribution in [0.25, 0.3) is 12.2 Å². The van der Waals surface area contributed by atoms with Gasteiger partial charge in [0.2, 0.25) is 6.54 Å². The molecule has 2 aromatic rings. The van der Waals surface area contributed by atoms with Crippen LogP contribution in [0.2, 0.25) is 0 Å². The zero-order valence-corrected chi connectivity index (χ0v) is 16.5. The molecule has 1 aliphatic rings. The van der Waals surface area contributed by atoms with Crippen molar-refractivity contribution in [2.75, 3.05) is 30.3 Å². The van der Waals surface area contributed by atoms with E-state index in [0.717, 1.165) is 16.8 Å². The largest absolute Gasteiger partial charge is 0.389 e.